The first kappa shape index (κ1) is 11.7. The first-order valence-electron chi connectivity index (χ1n) is 5.39. The van der Waals surface area contributed by atoms with Crippen molar-refractivity contribution in [3.05, 3.63) is 38.7 Å². The lowest BCUT2D eigenvalue weighted by Crippen LogP contribution is -2.49. The van der Waals surface area contributed by atoms with Crippen molar-refractivity contribution in [2.75, 3.05) is 19.8 Å². The molecule has 0 bridgehead atoms. The largest absolute Gasteiger partial charge is 0.379 e. The number of azide groups is 1. The summed E-state index contributed by atoms with van der Waals surface area (Å²) in [7, 11) is 0. The zero-order chi connectivity index (χ0) is 12.6. The fraction of sp³-hybridized carbons (Fsp3) is 0.364. The summed E-state index contributed by atoms with van der Waals surface area (Å²) in [4.78, 5) is 7.41. The van der Waals surface area contributed by atoms with Crippen LogP contribution in [0.3, 0.4) is 0 Å². The monoisotopic (exact) mass is 280 g/mol. The zero-order valence-electron chi connectivity index (χ0n) is 9.34. The molecule has 0 N–H and O–H groups in total. The molecule has 5 nitrogen and oxygen atoms in total. The van der Waals surface area contributed by atoms with Gasteiger partial charge in [-0.2, -0.15) is 0 Å². The Morgan fingerprint density at radius 3 is 3.06 bits per heavy atom. The highest BCUT2D eigenvalue weighted by Crippen LogP contribution is 2.38. The van der Waals surface area contributed by atoms with Gasteiger partial charge >= 0.3 is 0 Å². The van der Waals surface area contributed by atoms with Gasteiger partial charge in [0, 0.05) is 16.5 Å². The summed E-state index contributed by atoms with van der Waals surface area (Å²) in [6.45, 7) is 1.50. The third-order valence-electron chi connectivity index (χ3n) is 3.00. The molecule has 0 saturated carbocycles. The van der Waals surface area contributed by atoms with E-state index in [1.165, 1.54) is 0 Å². The zero-order valence-corrected chi connectivity index (χ0v) is 10.9. The lowest BCUT2D eigenvalue weighted by Gasteiger charge is -2.38. The van der Waals surface area contributed by atoms with E-state index in [1.54, 1.807) is 11.3 Å². The van der Waals surface area contributed by atoms with Gasteiger partial charge in [-0.1, -0.05) is 16.7 Å². The van der Waals surface area contributed by atoms with Crippen molar-refractivity contribution in [3.63, 3.8) is 0 Å². The highest BCUT2D eigenvalue weighted by molar-refractivity contribution is 7.18. The van der Waals surface area contributed by atoms with Gasteiger partial charge in [0.2, 0.25) is 0 Å². The second kappa shape index (κ2) is 4.40. The van der Waals surface area contributed by atoms with E-state index in [9.17, 15) is 0 Å². The molecule has 1 fully saturated rings. The summed E-state index contributed by atoms with van der Waals surface area (Å²) >= 11 is 7.55. The summed E-state index contributed by atoms with van der Waals surface area (Å²) < 4.78 is 6.35. The minimum Gasteiger partial charge on any atom is -0.379 e. The molecule has 2 heterocycles. The van der Waals surface area contributed by atoms with Gasteiger partial charge in [0.25, 0.3) is 0 Å². The molecule has 1 aliphatic rings. The van der Waals surface area contributed by atoms with Crippen molar-refractivity contribution in [2.45, 2.75) is 5.41 Å². The fourth-order valence-electron chi connectivity index (χ4n) is 1.93. The van der Waals surface area contributed by atoms with E-state index in [2.05, 4.69) is 15.0 Å². The topological polar surface area (TPSA) is 70.9 Å². The maximum atomic E-state index is 8.46. The third kappa shape index (κ3) is 1.83. The highest BCUT2D eigenvalue weighted by atomic mass is 35.5. The maximum Gasteiger partial charge on any atom is 0.105 e. The van der Waals surface area contributed by atoms with Crippen molar-refractivity contribution in [2.24, 2.45) is 5.11 Å². The summed E-state index contributed by atoms with van der Waals surface area (Å²) in [5, 5.41) is 5.30. The van der Waals surface area contributed by atoms with Crippen LogP contribution in [0.2, 0.25) is 5.02 Å². The number of thiazole rings is 1. The molecule has 2 aromatic rings. The first-order valence-corrected chi connectivity index (χ1v) is 6.58. The van der Waals surface area contributed by atoms with Crippen molar-refractivity contribution in [1.82, 2.24) is 4.98 Å². The van der Waals surface area contributed by atoms with Crippen molar-refractivity contribution < 1.29 is 4.74 Å². The van der Waals surface area contributed by atoms with Crippen LogP contribution in [0, 0.1) is 0 Å². The van der Waals surface area contributed by atoms with Gasteiger partial charge in [0.1, 0.15) is 5.01 Å². The van der Waals surface area contributed by atoms with Crippen LogP contribution in [0.15, 0.2) is 23.3 Å². The summed E-state index contributed by atoms with van der Waals surface area (Å²) in [6, 6.07) is 5.65. The number of ether oxygens (including phenoxy) is 1. The van der Waals surface area contributed by atoms with Gasteiger partial charge in [0.05, 0.1) is 28.8 Å². The number of aromatic nitrogens is 1. The summed E-state index contributed by atoms with van der Waals surface area (Å²) in [5.41, 5.74) is 9.09. The van der Waals surface area contributed by atoms with Crippen LogP contribution in [0.1, 0.15) is 5.01 Å². The molecule has 18 heavy (non-hydrogen) atoms. The normalized spacial score (nSPS) is 17.2. The molecular weight excluding hydrogens is 272 g/mol. The highest BCUT2D eigenvalue weighted by Gasteiger charge is 2.42. The SMILES string of the molecule is [N-]=[N+]=NCC1(c2nc3cc(Cl)ccc3s2)COC1. The summed E-state index contributed by atoms with van der Waals surface area (Å²) in [6.07, 6.45) is 0. The van der Waals surface area contributed by atoms with Gasteiger partial charge < -0.3 is 4.74 Å². The lowest BCUT2D eigenvalue weighted by molar-refractivity contribution is -0.0549. The quantitative estimate of drug-likeness (QED) is 0.490. The molecule has 7 heteroatoms. The molecule has 1 aromatic carbocycles. The number of hydrogen-bond acceptors (Lipinski definition) is 4. The van der Waals surface area contributed by atoms with Gasteiger partial charge in [-0.05, 0) is 23.7 Å². The van der Waals surface area contributed by atoms with E-state index in [4.69, 9.17) is 21.9 Å². The maximum absolute atomic E-state index is 8.46. The van der Waals surface area contributed by atoms with Crippen LogP contribution in [-0.2, 0) is 10.2 Å². The van der Waals surface area contributed by atoms with Crippen molar-refractivity contribution in [3.8, 4) is 0 Å². The van der Waals surface area contributed by atoms with Crippen LogP contribution in [0.25, 0.3) is 20.7 Å². The van der Waals surface area contributed by atoms with Crippen LogP contribution in [-0.4, -0.2) is 24.7 Å². The molecule has 0 aliphatic carbocycles. The van der Waals surface area contributed by atoms with Gasteiger partial charge in [-0.3, -0.25) is 0 Å². The lowest BCUT2D eigenvalue weighted by atomic mass is 9.87. The average molecular weight is 281 g/mol. The predicted molar refractivity (Wildman–Crippen MR) is 71.1 cm³/mol. The Morgan fingerprint density at radius 1 is 1.56 bits per heavy atom. The Morgan fingerprint density at radius 2 is 2.39 bits per heavy atom. The van der Waals surface area contributed by atoms with Crippen molar-refractivity contribution >= 4 is 33.2 Å². The Bertz CT molecular complexity index is 646. The Balaban J connectivity index is 2.04. The predicted octanol–water partition coefficient (Wildman–Crippen LogP) is 3.53. The molecule has 3 rings (SSSR count). The van der Waals surface area contributed by atoms with Gasteiger partial charge in [-0.15, -0.1) is 11.3 Å². The molecule has 0 amide bonds. The number of halogens is 1. The van der Waals surface area contributed by atoms with Crippen LogP contribution < -0.4 is 0 Å². The Kier molecular flexibility index (Phi) is 2.87. The second-order valence-electron chi connectivity index (χ2n) is 4.29. The fourth-order valence-corrected chi connectivity index (χ4v) is 3.19. The first-order chi connectivity index (χ1) is 8.73. The Hall–Kier alpha value is -1.33. The minimum atomic E-state index is -0.248. The van der Waals surface area contributed by atoms with E-state index in [-0.39, 0.29) is 5.41 Å². The minimum absolute atomic E-state index is 0.248. The number of fused-ring (bicyclic) bond motifs is 1. The van der Waals surface area contributed by atoms with E-state index in [0.717, 1.165) is 15.2 Å². The summed E-state index contributed by atoms with van der Waals surface area (Å²) in [5.74, 6) is 0. The second-order valence-corrected chi connectivity index (χ2v) is 5.76. The standard InChI is InChI=1S/C11H9ClN4OS/c12-7-1-2-9-8(3-7)15-10(18-9)11(4-14-16-13)5-17-6-11/h1-3H,4-6H2. The molecule has 1 aliphatic heterocycles. The number of hydrogen-bond donors (Lipinski definition) is 0. The van der Waals surface area contributed by atoms with Crippen LogP contribution >= 0.6 is 22.9 Å². The number of nitrogens with zero attached hydrogens (tertiary/aromatic N) is 4. The molecule has 1 saturated heterocycles. The van der Waals surface area contributed by atoms with E-state index in [1.807, 2.05) is 18.2 Å². The van der Waals surface area contributed by atoms with Crippen LogP contribution in [0.5, 0.6) is 0 Å². The molecule has 92 valence electrons. The van der Waals surface area contributed by atoms with Crippen LogP contribution in [0.4, 0.5) is 0 Å². The van der Waals surface area contributed by atoms with E-state index < -0.39 is 0 Å². The molecule has 0 radical (unpaired) electrons. The third-order valence-corrected chi connectivity index (χ3v) is 4.51. The molecule has 0 unspecified atom stereocenters. The van der Waals surface area contributed by atoms with E-state index >= 15 is 0 Å². The smallest absolute Gasteiger partial charge is 0.105 e. The van der Waals surface area contributed by atoms with E-state index in [0.29, 0.717) is 24.8 Å². The molecular formula is C11H9ClN4OS. The van der Waals surface area contributed by atoms with Gasteiger partial charge in [0.15, 0.2) is 0 Å². The average Bonchev–Trinajstić information content (AvgIpc) is 2.71. The van der Waals surface area contributed by atoms with Gasteiger partial charge in [-0.25, -0.2) is 4.98 Å². The molecule has 0 spiro atoms. The molecule has 0 atom stereocenters. The van der Waals surface area contributed by atoms with Crippen molar-refractivity contribution in [1.29, 1.82) is 0 Å². The number of rotatable bonds is 3. The number of benzene rings is 1. The Labute approximate surface area is 112 Å². The molecule has 1 aromatic heterocycles.